The molecule has 1 aliphatic rings. The van der Waals surface area contributed by atoms with E-state index in [2.05, 4.69) is 12.2 Å². The lowest BCUT2D eigenvalue weighted by Crippen LogP contribution is -2.26. The van der Waals surface area contributed by atoms with Crippen LogP contribution in [0.15, 0.2) is 24.3 Å². The van der Waals surface area contributed by atoms with E-state index >= 15 is 0 Å². The Balaban J connectivity index is 1.65. The van der Waals surface area contributed by atoms with Crippen LogP contribution < -0.4 is 10.1 Å². The Labute approximate surface area is 138 Å². The number of amides is 1. The Morgan fingerprint density at radius 2 is 1.95 bits per heavy atom. The van der Waals surface area contributed by atoms with E-state index < -0.39 is 0 Å². The standard InChI is InChI=1S/C18H27NO2S/c1-2-13-21-16-10-8-15(9-11-16)18(20)19-12-14-22-17-6-4-3-5-7-17/h8-11,17H,2-7,12-14H2,1H3,(H,19,20). The highest BCUT2D eigenvalue weighted by atomic mass is 32.2. The van der Waals surface area contributed by atoms with Crippen molar-refractivity contribution in [2.45, 2.75) is 50.7 Å². The van der Waals surface area contributed by atoms with Crippen LogP contribution >= 0.6 is 11.8 Å². The number of thioether (sulfide) groups is 1. The number of carbonyl (C=O) groups is 1. The average Bonchev–Trinajstić information content (AvgIpc) is 2.58. The van der Waals surface area contributed by atoms with Crippen LogP contribution in [0.5, 0.6) is 5.75 Å². The Kier molecular flexibility index (Phi) is 7.64. The molecule has 2 rings (SSSR count). The molecule has 1 aliphatic carbocycles. The second-order valence-corrected chi connectivity index (χ2v) is 7.17. The van der Waals surface area contributed by atoms with Crippen LogP contribution in [0.3, 0.4) is 0 Å². The summed E-state index contributed by atoms with van der Waals surface area (Å²) >= 11 is 2.01. The number of rotatable bonds is 8. The molecule has 0 radical (unpaired) electrons. The summed E-state index contributed by atoms with van der Waals surface area (Å²) in [7, 11) is 0. The molecule has 1 saturated carbocycles. The molecule has 0 aliphatic heterocycles. The lowest BCUT2D eigenvalue weighted by atomic mass is 10.0. The van der Waals surface area contributed by atoms with Gasteiger partial charge in [0, 0.05) is 23.1 Å². The third-order valence-corrected chi connectivity index (χ3v) is 5.27. The van der Waals surface area contributed by atoms with E-state index in [1.54, 1.807) is 0 Å². The summed E-state index contributed by atoms with van der Waals surface area (Å²) in [6.07, 6.45) is 7.81. The molecule has 4 heteroatoms. The van der Waals surface area contributed by atoms with Crippen molar-refractivity contribution in [2.75, 3.05) is 18.9 Å². The van der Waals surface area contributed by atoms with Crippen molar-refractivity contribution in [1.82, 2.24) is 5.32 Å². The molecular weight excluding hydrogens is 294 g/mol. The first-order valence-electron chi connectivity index (χ1n) is 8.42. The molecule has 1 aromatic carbocycles. The summed E-state index contributed by atoms with van der Waals surface area (Å²) in [5.41, 5.74) is 0.700. The van der Waals surface area contributed by atoms with Crippen molar-refractivity contribution in [3.8, 4) is 5.75 Å². The molecule has 1 fully saturated rings. The van der Waals surface area contributed by atoms with Gasteiger partial charge < -0.3 is 10.1 Å². The van der Waals surface area contributed by atoms with Crippen LogP contribution in [0.25, 0.3) is 0 Å². The number of carbonyl (C=O) groups excluding carboxylic acids is 1. The van der Waals surface area contributed by atoms with Gasteiger partial charge in [0.05, 0.1) is 6.61 Å². The van der Waals surface area contributed by atoms with E-state index in [1.165, 1.54) is 32.1 Å². The van der Waals surface area contributed by atoms with Gasteiger partial charge in [-0.05, 0) is 43.5 Å². The molecule has 1 amide bonds. The number of nitrogens with one attached hydrogen (secondary N) is 1. The number of hydrogen-bond donors (Lipinski definition) is 1. The molecule has 122 valence electrons. The van der Waals surface area contributed by atoms with E-state index in [4.69, 9.17) is 4.74 Å². The Bertz CT molecular complexity index is 441. The molecule has 1 aromatic rings. The molecule has 0 spiro atoms. The van der Waals surface area contributed by atoms with Crippen LogP contribution in [0.4, 0.5) is 0 Å². The molecule has 0 atom stereocenters. The lowest BCUT2D eigenvalue weighted by Gasteiger charge is -2.20. The maximum atomic E-state index is 12.1. The van der Waals surface area contributed by atoms with Crippen molar-refractivity contribution in [1.29, 1.82) is 0 Å². The molecule has 3 nitrogen and oxygen atoms in total. The molecular formula is C18H27NO2S. The minimum atomic E-state index is 0.00582. The van der Waals surface area contributed by atoms with Crippen molar-refractivity contribution < 1.29 is 9.53 Å². The summed E-state index contributed by atoms with van der Waals surface area (Å²) in [4.78, 5) is 12.1. The zero-order valence-corrected chi connectivity index (χ0v) is 14.3. The number of ether oxygens (including phenoxy) is 1. The van der Waals surface area contributed by atoms with Crippen LogP contribution in [-0.2, 0) is 0 Å². The summed E-state index contributed by atoms with van der Waals surface area (Å²) in [5, 5.41) is 3.81. The average molecular weight is 321 g/mol. The van der Waals surface area contributed by atoms with Gasteiger partial charge in [0.15, 0.2) is 0 Å². The van der Waals surface area contributed by atoms with Crippen LogP contribution in [-0.4, -0.2) is 30.1 Å². The maximum absolute atomic E-state index is 12.1. The highest BCUT2D eigenvalue weighted by Gasteiger charge is 2.13. The summed E-state index contributed by atoms with van der Waals surface area (Å²) in [6, 6.07) is 7.38. The van der Waals surface area contributed by atoms with Crippen molar-refractivity contribution >= 4 is 17.7 Å². The fourth-order valence-electron chi connectivity index (χ4n) is 2.65. The minimum absolute atomic E-state index is 0.00582. The summed E-state index contributed by atoms with van der Waals surface area (Å²) in [6.45, 7) is 3.53. The van der Waals surface area contributed by atoms with E-state index in [-0.39, 0.29) is 5.91 Å². The van der Waals surface area contributed by atoms with Gasteiger partial charge >= 0.3 is 0 Å². The molecule has 0 aromatic heterocycles. The van der Waals surface area contributed by atoms with E-state index in [1.807, 2.05) is 36.0 Å². The SMILES string of the molecule is CCCOc1ccc(C(=O)NCCSC2CCCCC2)cc1. The second kappa shape index (κ2) is 9.78. The van der Waals surface area contributed by atoms with Gasteiger partial charge in [0.25, 0.3) is 5.91 Å². The fourth-order valence-corrected chi connectivity index (χ4v) is 3.87. The first-order chi connectivity index (χ1) is 10.8. The largest absolute Gasteiger partial charge is 0.494 e. The van der Waals surface area contributed by atoms with Gasteiger partial charge in [-0.1, -0.05) is 26.2 Å². The quantitative estimate of drug-likeness (QED) is 0.727. The van der Waals surface area contributed by atoms with Crippen molar-refractivity contribution in [3.63, 3.8) is 0 Å². The fraction of sp³-hybridized carbons (Fsp3) is 0.611. The monoisotopic (exact) mass is 321 g/mol. The van der Waals surface area contributed by atoms with Crippen molar-refractivity contribution in [2.24, 2.45) is 0 Å². The van der Waals surface area contributed by atoms with Gasteiger partial charge in [0.1, 0.15) is 5.75 Å². The highest BCUT2D eigenvalue weighted by Crippen LogP contribution is 2.27. The van der Waals surface area contributed by atoms with Gasteiger partial charge in [-0.3, -0.25) is 4.79 Å². The van der Waals surface area contributed by atoms with E-state index in [9.17, 15) is 4.79 Å². The highest BCUT2D eigenvalue weighted by molar-refractivity contribution is 7.99. The van der Waals surface area contributed by atoms with Gasteiger partial charge in [-0.2, -0.15) is 11.8 Å². The van der Waals surface area contributed by atoms with E-state index in [0.717, 1.165) is 29.7 Å². The molecule has 0 bridgehead atoms. The molecule has 0 unspecified atom stereocenters. The Morgan fingerprint density at radius 3 is 2.64 bits per heavy atom. The predicted octanol–water partition coefficient (Wildman–Crippen LogP) is 4.27. The zero-order valence-electron chi connectivity index (χ0n) is 13.5. The number of hydrogen-bond acceptors (Lipinski definition) is 3. The van der Waals surface area contributed by atoms with Gasteiger partial charge in [0.2, 0.25) is 0 Å². The summed E-state index contributed by atoms with van der Waals surface area (Å²) in [5.74, 6) is 1.84. The molecule has 0 saturated heterocycles. The molecule has 0 heterocycles. The van der Waals surface area contributed by atoms with E-state index in [0.29, 0.717) is 12.2 Å². The third kappa shape index (κ3) is 5.91. The smallest absolute Gasteiger partial charge is 0.251 e. The van der Waals surface area contributed by atoms with Gasteiger partial charge in [-0.25, -0.2) is 0 Å². The Morgan fingerprint density at radius 1 is 1.23 bits per heavy atom. The minimum Gasteiger partial charge on any atom is -0.494 e. The number of benzene rings is 1. The van der Waals surface area contributed by atoms with Gasteiger partial charge in [-0.15, -0.1) is 0 Å². The second-order valence-electron chi connectivity index (χ2n) is 5.76. The Hall–Kier alpha value is -1.16. The predicted molar refractivity (Wildman–Crippen MR) is 93.9 cm³/mol. The molecule has 1 N–H and O–H groups in total. The first kappa shape index (κ1) is 17.2. The van der Waals surface area contributed by atoms with Crippen LogP contribution in [0.2, 0.25) is 0 Å². The van der Waals surface area contributed by atoms with Crippen molar-refractivity contribution in [3.05, 3.63) is 29.8 Å². The summed E-state index contributed by atoms with van der Waals surface area (Å²) < 4.78 is 5.52. The third-order valence-electron chi connectivity index (χ3n) is 3.88. The normalized spacial score (nSPS) is 15.5. The van der Waals surface area contributed by atoms with Crippen LogP contribution in [0, 0.1) is 0 Å². The zero-order chi connectivity index (χ0) is 15.6. The van der Waals surface area contributed by atoms with Crippen LogP contribution in [0.1, 0.15) is 55.8 Å². The lowest BCUT2D eigenvalue weighted by molar-refractivity contribution is 0.0956. The maximum Gasteiger partial charge on any atom is 0.251 e. The molecule has 22 heavy (non-hydrogen) atoms. The first-order valence-corrected chi connectivity index (χ1v) is 9.47. The topological polar surface area (TPSA) is 38.3 Å².